The molecule has 0 saturated heterocycles. The molecule has 1 heterocycles. The van der Waals surface area contributed by atoms with Crippen LogP contribution in [0.15, 0.2) is 18.2 Å². The van der Waals surface area contributed by atoms with Gasteiger partial charge in [-0.1, -0.05) is 25.1 Å². The van der Waals surface area contributed by atoms with E-state index < -0.39 is 0 Å². The van der Waals surface area contributed by atoms with Crippen molar-refractivity contribution in [1.29, 1.82) is 0 Å². The van der Waals surface area contributed by atoms with Gasteiger partial charge in [0, 0.05) is 5.69 Å². The van der Waals surface area contributed by atoms with Gasteiger partial charge in [0.2, 0.25) is 5.91 Å². The summed E-state index contributed by atoms with van der Waals surface area (Å²) < 4.78 is 0. The molecular formula is C12H13NO. The molecule has 1 amide bonds. The summed E-state index contributed by atoms with van der Waals surface area (Å²) in [7, 11) is 0. The third kappa shape index (κ3) is 0.707. The molecule has 0 radical (unpaired) electrons. The summed E-state index contributed by atoms with van der Waals surface area (Å²) in [6.07, 6.45) is 1.01. The molecule has 0 aromatic heterocycles. The second-order valence-electron chi connectivity index (χ2n) is 4.53. The molecule has 1 aliphatic heterocycles. The normalized spacial score (nSPS) is 33.0. The fourth-order valence-corrected chi connectivity index (χ4v) is 2.67. The Morgan fingerprint density at radius 3 is 2.86 bits per heavy atom. The maximum absolute atomic E-state index is 11.9. The number of rotatable bonds is 0. The molecule has 1 saturated carbocycles. The van der Waals surface area contributed by atoms with Gasteiger partial charge in [-0.3, -0.25) is 4.79 Å². The molecule has 2 unspecified atom stereocenters. The first-order valence-electron chi connectivity index (χ1n) is 5.08. The van der Waals surface area contributed by atoms with Crippen molar-refractivity contribution < 1.29 is 4.79 Å². The van der Waals surface area contributed by atoms with Gasteiger partial charge < -0.3 is 5.32 Å². The zero-order valence-electron chi connectivity index (χ0n) is 8.42. The van der Waals surface area contributed by atoms with Gasteiger partial charge in [-0.15, -0.1) is 0 Å². The molecule has 2 aliphatic rings. The van der Waals surface area contributed by atoms with Gasteiger partial charge >= 0.3 is 0 Å². The van der Waals surface area contributed by atoms with Crippen molar-refractivity contribution in [3.05, 3.63) is 29.3 Å². The van der Waals surface area contributed by atoms with E-state index in [9.17, 15) is 4.79 Å². The number of nitrogens with one attached hydrogen (secondary N) is 1. The molecule has 0 bridgehead atoms. The average molecular weight is 187 g/mol. The summed E-state index contributed by atoms with van der Waals surface area (Å²) in [6.45, 7) is 4.20. The van der Waals surface area contributed by atoms with E-state index in [2.05, 4.69) is 18.3 Å². The molecule has 1 fully saturated rings. The molecule has 1 N–H and O–H groups in total. The van der Waals surface area contributed by atoms with E-state index in [1.165, 1.54) is 11.1 Å². The molecule has 2 heteroatoms. The SMILES string of the molecule is Cc1cccc2c1NC(=O)C21CC1C. The maximum Gasteiger partial charge on any atom is 0.235 e. The van der Waals surface area contributed by atoms with Crippen molar-refractivity contribution in [3.63, 3.8) is 0 Å². The average Bonchev–Trinajstić information content (AvgIpc) is 2.73. The highest BCUT2D eigenvalue weighted by atomic mass is 16.2. The predicted molar refractivity (Wildman–Crippen MR) is 55.3 cm³/mol. The number of carbonyl (C=O) groups is 1. The van der Waals surface area contributed by atoms with Crippen molar-refractivity contribution in [2.45, 2.75) is 25.7 Å². The van der Waals surface area contributed by atoms with E-state index in [-0.39, 0.29) is 11.3 Å². The first kappa shape index (κ1) is 8.04. The number of hydrogen-bond acceptors (Lipinski definition) is 1. The van der Waals surface area contributed by atoms with Gasteiger partial charge in [0.05, 0.1) is 5.41 Å². The first-order valence-corrected chi connectivity index (χ1v) is 5.08. The lowest BCUT2D eigenvalue weighted by molar-refractivity contribution is -0.118. The quantitative estimate of drug-likeness (QED) is 0.663. The van der Waals surface area contributed by atoms with Crippen molar-refractivity contribution >= 4 is 11.6 Å². The van der Waals surface area contributed by atoms with Crippen LogP contribution < -0.4 is 5.32 Å². The summed E-state index contributed by atoms with van der Waals surface area (Å²) in [5, 5.41) is 3.01. The molecule has 1 spiro atoms. The highest BCUT2D eigenvalue weighted by Crippen LogP contribution is 2.59. The third-order valence-corrected chi connectivity index (χ3v) is 3.71. The van der Waals surface area contributed by atoms with E-state index in [0.29, 0.717) is 5.92 Å². The molecule has 2 atom stereocenters. The number of anilines is 1. The van der Waals surface area contributed by atoms with Crippen LogP contribution >= 0.6 is 0 Å². The number of benzene rings is 1. The summed E-state index contributed by atoms with van der Waals surface area (Å²) in [5.41, 5.74) is 3.28. The number of para-hydroxylation sites is 1. The van der Waals surface area contributed by atoms with E-state index in [0.717, 1.165) is 12.1 Å². The largest absolute Gasteiger partial charge is 0.325 e. The number of hydrogen-bond donors (Lipinski definition) is 1. The molecule has 1 aliphatic carbocycles. The molecule has 72 valence electrons. The third-order valence-electron chi connectivity index (χ3n) is 3.71. The van der Waals surface area contributed by atoms with E-state index in [1.807, 2.05) is 19.1 Å². The van der Waals surface area contributed by atoms with E-state index in [1.54, 1.807) is 0 Å². The smallest absolute Gasteiger partial charge is 0.235 e. The van der Waals surface area contributed by atoms with Gasteiger partial charge in [0.25, 0.3) is 0 Å². The minimum atomic E-state index is -0.165. The van der Waals surface area contributed by atoms with Crippen LogP contribution in [0.25, 0.3) is 0 Å². The van der Waals surface area contributed by atoms with Gasteiger partial charge in [0.15, 0.2) is 0 Å². The second kappa shape index (κ2) is 2.19. The number of aryl methyl sites for hydroxylation is 1. The van der Waals surface area contributed by atoms with Crippen LogP contribution in [-0.4, -0.2) is 5.91 Å². The Balaban J connectivity index is 2.24. The van der Waals surface area contributed by atoms with Crippen LogP contribution in [0.2, 0.25) is 0 Å². The topological polar surface area (TPSA) is 29.1 Å². The summed E-state index contributed by atoms with van der Waals surface area (Å²) in [5.74, 6) is 0.708. The fraction of sp³-hybridized carbons (Fsp3) is 0.417. The van der Waals surface area contributed by atoms with Crippen molar-refractivity contribution in [3.8, 4) is 0 Å². The summed E-state index contributed by atoms with van der Waals surface area (Å²) >= 11 is 0. The molecular weight excluding hydrogens is 174 g/mol. The maximum atomic E-state index is 11.9. The Hall–Kier alpha value is -1.31. The van der Waals surface area contributed by atoms with Crippen LogP contribution in [0, 0.1) is 12.8 Å². The Morgan fingerprint density at radius 2 is 2.21 bits per heavy atom. The predicted octanol–water partition coefficient (Wildman–Crippen LogP) is 2.22. The molecule has 14 heavy (non-hydrogen) atoms. The van der Waals surface area contributed by atoms with Crippen molar-refractivity contribution in [2.24, 2.45) is 5.92 Å². The molecule has 3 rings (SSSR count). The highest BCUT2D eigenvalue weighted by molar-refractivity contribution is 6.09. The minimum absolute atomic E-state index is 0.165. The van der Waals surface area contributed by atoms with Crippen molar-refractivity contribution in [2.75, 3.05) is 5.32 Å². The van der Waals surface area contributed by atoms with E-state index in [4.69, 9.17) is 0 Å². The lowest BCUT2D eigenvalue weighted by Gasteiger charge is -2.06. The lowest BCUT2D eigenvalue weighted by Crippen LogP contribution is -2.20. The number of fused-ring (bicyclic) bond motifs is 2. The first-order chi connectivity index (χ1) is 6.66. The number of carbonyl (C=O) groups excluding carboxylic acids is 1. The Kier molecular flexibility index (Phi) is 1.26. The second-order valence-corrected chi connectivity index (χ2v) is 4.53. The van der Waals surface area contributed by atoms with Crippen LogP contribution in [0.5, 0.6) is 0 Å². The van der Waals surface area contributed by atoms with Gasteiger partial charge in [-0.05, 0) is 30.4 Å². The Morgan fingerprint density at radius 1 is 1.50 bits per heavy atom. The zero-order chi connectivity index (χ0) is 9.92. The van der Waals surface area contributed by atoms with Crippen LogP contribution in [0.1, 0.15) is 24.5 Å². The molecule has 1 aromatic rings. The monoisotopic (exact) mass is 187 g/mol. The molecule has 2 nitrogen and oxygen atoms in total. The summed E-state index contributed by atoms with van der Waals surface area (Å²) in [4.78, 5) is 11.9. The van der Waals surface area contributed by atoms with Gasteiger partial charge in [0.1, 0.15) is 0 Å². The zero-order valence-corrected chi connectivity index (χ0v) is 8.42. The summed E-state index contributed by atoms with van der Waals surface area (Å²) in [6, 6.07) is 6.18. The lowest BCUT2D eigenvalue weighted by atomic mass is 9.94. The fourth-order valence-electron chi connectivity index (χ4n) is 2.67. The standard InChI is InChI=1S/C12H13NO/c1-7-4-3-5-9-10(7)13-11(14)12(9)6-8(12)2/h3-5,8H,6H2,1-2H3,(H,13,14). The highest BCUT2D eigenvalue weighted by Gasteiger charge is 2.62. The van der Waals surface area contributed by atoms with Crippen LogP contribution in [-0.2, 0) is 10.2 Å². The molecule has 1 aromatic carbocycles. The van der Waals surface area contributed by atoms with Gasteiger partial charge in [-0.25, -0.2) is 0 Å². The van der Waals surface area contributed by atoms with Crippen LogP contribution in [0.4, 0.5) is 5.69 Å². The number of amides is 1. The van der Waals surface area contributed by atoms with Gasteiger partial charge in [-0.2, -0.15) is 0 Å². The minimum Gasteiger partial charge on any atom is -0.325 e. The van der Waals surface area contributed by atoms with Crippen LogP contribution in [0.3, 0.4) is 0 Å². The van der Waals surface area contributed by atoms with Crippen molar-refractivity contribution in [1.82, 2.24) is 0 Å². The Bertz CT molecular complexity index is 438. The Labute approximate surface area is 83.3 Å². The van der Waals surface area contributed by atoms with E-state index >= 15 is 0 Å².